The summed E-state index contributed by atoms with van der Waals surface area (Å²) in [6.45, 7) is 5.18. The Kier molecular flexibility index (Phi) is 6.50. The minimum atomic E-state index is -3.37. The number of thiazole rings is 1. The fourth-order valence-corrected chi connectivity index (χ4v) is 4.11. The zero-order chi connectivity index (χ0) is 17.7. The van der Waals surface area contributed by atoms with Crippen molar-refractivity contribution in [2.24, 2.45) is 0 Å². The molecule has 7 nitrogen and oxygen atoms in total. The van der Waals surface area contributed by atoms with Crippen LogP contribution in [-0.2, 0) is 27.7 Å². The Morgan fingerprint density at radius 3 is 2.75 bits per heavy atom. The van der Waals surface area contributed by atoms with E-state index in [1.165, 1.54) is 0 Å². The van der Waals surface area contributed by atoms with Crippen LogP contribution in [0.4, 0.5) is 0 Å². The molecule has 0 N–H and O–H groups in total. The molecule has 0 bridgehead atoms. The quantitative estimate of drug-likeness (QED) is 0.670. The Bertz CT molecular complexity index is 741. The molecule has 1 atom stereocenters. The monoisotopic (exact) mass is 372 g/mol. The Morgan fingerprint density at radius 1 is 1.42 bits per heavy atom. The maximum absolute atomic E-state index is 12.3. The predicted octanol–water partition coefficient (Wildman–Crippen LogP) is 1.97. The lowest BCUT2D eigenvalue weighted by molar-refractivity contribution is 0.180. The third-order valence-corrected chi connectivity index (χ3v) is 6.55. The highest BCUT2D eigenvalue weighted by Gasteiger charge is 2.23. The van der Waals surface area contributed by atoms with Gasteiger partial charge in [0.1, 0.15) is 5.01 Å². The lowest BCUT2D eigenvalue weighted by atomic mass is 10.3. The highest BCUT2D eigenvalue weighted by Crippen LogP contribution is 2.23. The summed E-state index contributed by atoms with van der Waals surface area (Å²) < 4.78 is 31.4. The van der Waals surface area contributed by atoms with Crippen LogP contribution in [0.1, 0.15) is 30.6 Å². The van der Waals surface area contributed by atoms with Gasteiger partial charge in [0.05, 0.1) is 30.3 Å². The number of nitrogens with zero attached hydrogens (tertiary/aromatic N) is 4. The van der Waals surface area contributed by atoms with Gasteiger partial charge in [-0.25, -0.2) is 18.4 Å². The fraction of sp³-hybridized carbons (Fsp3) is 0.600. The highest BCUT2D eigenvalue weighted by molar-refractivity contribution is 7.91. The lowest BCUT2D eigenvalue weighted by Gasteiger charge is -2.23. The van der Waals surface area contributed by atoms with Crippen molar-refractivity contribution in [3.8, 4) is 0 Å². The summed E-state index contributed by atoms with van der Waals surface area (Å²) in [4.78, 5) is 10.6. The van der Waals surface area contributed by atoms with E-state index in [-0.39, 0.29) is 17.0 Å². The number of imidazole rings is 1. The molecule has 0 aliphatic heterocycles. The van der Waals surface area contributed by atoms with Crippen LogP contribution in [0, 0.1) is 0 Å². The Morgan fingerprint density at radius 2 is 2.17 bits per heavy atom. The molecule has 2 aromatic rings. The second kappa shape index (κ2) is 8.19. The summed E-state index contributed by atoms with van der Waals surface area (Å²) in [6, 6.07) is 0.141. The molecule has 134 valence electrons. The van der Waals surface area contributed by atoms with Crippen LogP contribution in [0.25, 0.3) is 0 Å². The topological polar surface area (TPSA) is 77.3 Å². The summed E-state index contributed by atoms with van der Waals surface area (Å²) in [5, 5.41) is 3.10. The van der Waals surface area contributed by atoms with Gasteiger partial charge in [-0.15, -0.1) is 11.3 Å². The number of hydrogen-bond acceptors (Lipinski definition) is 7. The average molecular weight is 373 g/mol. The standard InChI is InChI=1S/C15H24N4O3S2/c1-5-24(20,21)15-17-10-13(19(15)7-8-22-4)11-18(3)12(2)14-16-6-9-23-14/h6,9-10,12H,5,7-8,11H2,1-4H3/t12-/m1/s1. The van der Waals surface area contributed by atoms with Crippen LogP contribution in [0.3, 0.4) is 0 Å². The molecule has 0 saturated heterocycles. The first-order valence-electron chi connectivity index (χ1n) is 7.76. The van der Waals surface area contributed by atoms with Crippen molar-refractivity contribution in [1.29, 1.82) is 0 Å². The number of rotatable bonds is 9. The summed E-state index contributed by atoms with van der Waals surface area (Å²) >= 11 is 1.61. The molecule has 2 aromatic heterocycles. The molecule has 24 heavy (non-hydrogen) atoms. The summed E-state index contributed by atoms with van der Waals surface area (Å²) in [6.07, 6.45) is 3.43. The van der Waals surface area contributed by atoms with Crippen LogP contribution in [0.15, 0.2) is 22.9 Å². The third-order valence-electron chi connectivity index (χ3n) is 3.96. The molecule has 0 unspecified atom stereocenters. The molecule has 0 spiro atoms. The molecule has 0 aliphatic carbocycles. The largest absolute Gasteiger partial charge is 0.383 e. The number of hydrogen-bond donors (Lipinski definition) is 0. The number of methoxy groups -OCH3 is 1. The smallest absolute Gasteiger partial charge is 0.227 e. The average Bonchev–Trinajstić information content (AvgIpc) is 3.22. The van der Waals surface area contributed by atoms with E-state index >= 15 is 0 Å². The zero-order valence-electron chi connectivity index (χ0n) is 14.5. The van der Waals surface area contributed by atoms with E-state index in [4.69, 9.17) is 4.74 Å². The van der Waals surface area contributed by atoms with Gasteiger partial charge in [0, 0.05) is 31.8 Å². The van der Waals surface area contributed by atoms with E-state index in [9.17, 15) is 8.42 Å². The van der Waals surface area contributed by atoms with Crippen molar-refractivity contribution in [2.75, 3.05) is 26.5 Å². The van der Waals surface area contributed by atoms with E-state index in [0.717, 1.165) is 10.7 Å². The molecular weight excluding hydrogens is 348 g/mol. The molecule has 9 heteroatoms. The molecule has 0 aliphatic rings. The normalized spacial score (nSPS) is 13.5. The van der Waals surface area contributed by atoms with Crippen molar-refractivity contribution in [3.05, 3.63) is 28.5 Å². The van der Waals surface area contributed by atoms with E-state index in [1.54, 1.807) is 42.3 Å². The fourth-order valence-electron chi connectivity index (χ4n) is 2.34. The minimum Gasteiger partial charge on any atom is -0.383 e. The Labute approximate surface area is 147 Å². The van der Waals surface area contributed by atoms with Crippen LogP contribution < -0.4 is 0 Å². The lowest BCUT2D eigenvalue weighted by Crippen LogP contribution is -2.25. The second-order valence-corrected chi connectivity index (χ2v) is 8.64. The summed E-state index contributed by atoms with van der Waals surface area (Å²) in [7, 11) is 0.222. The number of ether oxygens (including phenoxy) is 1. The Balaban J connectivity index is 2.26. The van der Waals surface area contributed by atoms with E-state index < -0.39 is 9.84 Å². The maximum atomic E-state index is 12.3. The van der Waals surface area contributed by atoms with E-state index in [1.807, 2.05) is 12.4 Å². The molecular formula is C15H24N4O3S2. The van der Waals surface area contributed by atoms with Gasteiger partial charge in [0.15, 0.2) is 0 Å². The van der Waals surface area contributed by atoms with Crippen LogP contribution >= 0.6 is 11.3 Å². The summed E-state index contributed by atoms with van der Waals surface area (Å²) in [5.41, 5.74) is 0.852. The van der Waals surface area contributed by atoms with Crippen molar-refractivity contribution in [2.45, 2.75) is 38.1 Å². The second-order valence-electron chi connectivity index (χ2n) is 5.54. The molecule has 0 saturated carbocycles. The molecule has 0 amide bonds. The van der Waals surface area contributed by atoms with E-state index in [0.29, 0.717) is 19.7 Å². The minimum absolute atomic E-state index is 0.0296. The Hall–Kier alpha value is -1.29. The van der Waals surface area contributed by atoms with Crippen molar-refractivity contribution < 1.29 is 13.2 Å². The van der Waals surface area contributed by atoms with Crippen molar-refractivity contribution in [3.63, 3.8) is 0 Å². The molecule has 0 fully saturated rings. The zero-order valence-corrected chi connectivity index (χ0v) is 16.1. The first-order chi connectivity index (χ1) is 11.4. The van der Waals surface area contributed by atoms with Gasteiger partial charge < -0.3 is 9.30 Å². The van der Waals surface area contributed by atoms with Gasteiger partial charge in [-0.1, -0.05) is 6.92 Å². The van der Waals surface area contributed by atoms with Gasteiger partial charge in [0.25, 0.3) is 0 Å². The van der Waals surface area contributed by atoms with Gasteiger partial charge >= 0.3 is 0 Å². The molecule has 0 radical (unpaired) electrons. The van der Waals surface area contributed by atoms with E-state index in [2.05, 4.69) is 21.8 Å². The van der Waals surface area contributed by atoms with Gasteiger partial charge in [-0.05, 0) is 14.0 Å². The van der Waals surface area contributed by atoms with Gasteiger partial charge in [0.2, 0.25) is 15.0 Å². The first-order valence-corrected chi connectivity index (χ1v) is 10.3. The van der Waals surface area contributed by atoms with Gasteiger partial charge in [-0.3, -0.25) is 4.90 Å². The van der Waals surface area contributed by atoms with Crippen LogP contribution in [0.2, 0.25) is 0 Å². The van der Waals surface area contributed by atoms with Crippen molar-refractivity contribution in [1.82, 2.24) is 19.4 Å². The third kappa shape index (κ3) is 4.21. The van der Waals surface area contributed by atoms with Crippen molar-refractivity contribution >= 4 is 21.2 Å². The number of sulfone groups is 1. The predicted molar refractivity (Wildman–Crippen MR) is 93.8 cm³/mol. The maximum Gasteiger partial charge on any atom is 0.227 e. The van der Waals surface area contributed by atoms with Crippen LogP contribution in [0.5, 0.6) is 0 Å². The SMILES string of the molecule is CCS(=O)(=O)c1ncc(CN(C)[C@H](C)c2nccs2)n1CCOC. The molecule has 2 rings (SSSR count). The number of aromatic nitrogens is 3. The van der Waals surface area contributed by atoms with Gasteiger partial charge in [-0.2, -0.15) is 0 Å². The molecule has 2 heterocycles. The first kappa shape index (κ1) is 19.0. The highest BCUT2D eigenvalue weighted by atomic mass is 32.2. The molecule has 0 aromatic carbocycles. The summed E-state index contributed by atoms with van der Waals surface area (Å²) in [5.74, 6) is 0.0296. The van der Waals surface area contributed by atoms with Crippen LogP contribution in [-0.4, -0.2) is 54.4 Å².